The van der Waals surface area contributed by atoms with Gasteiger partial charge in [0, 0.05) is 10.8 Å². The minimum absolute atomic E-state index is 0.0444. The van der Waals surface area contributed by atoms with E-state index >= 15 is 0 Å². The van der Waals surface area contributed by atoms with Crippen LogP contribution in [0.3, 0.4) is 0 Å². The first-order chi connectivity index (χ1) is 9.87. The second-order valence-corrected chi connectivity index (χ2v) is 7.57. The van der Waals surface area contributed by atoms with E-state index in [1.165, 1.54) is 6.92 Å². The molecule has 0 aromatic carbocycles. The van der Waals surface area contributed by atoms with Crippen LogP contribution in [0.2, 0.25) is 0 Å². The molecular weight excluding hydrogens is 318 g/mol. The number of aryl methyl sites for hydroxylation is 1. The molecule has 0 bridgehead atoms. The highest BCUT2D eigenvalue weighted by Crippen LogP contribution is 2.39. The van der Waals surface area contributed by atoms with Crippen molar-refractivity contribution < 1.29 is 22.7 Å². The molecule has 112 valence electrons. The standard InChI is InChI=1S/C11H11N3O5S2/c1-5-8(4-7(20-5)10(15)16)21(17,18)14-11-13-12-9(19-11)6-2-3-6/h4,6H,2-3H2,1H3,(H,13,14)(H,15,16). The lowest BCUT2D eigenvalue weighted by Gasteiger charge is -2.02. The summed E-state index contributed by atoms with van der Waals surface area (Å²) in [6.45, 7) is 1.54. The summed E-state index contributed by atoms with van der Waals surface area (Å²) < 4.78 is 31.9. The minimum Gasteiger partial charge on any atom is -0.477 e. The molecule has 10 heteroatoms. The first kappa shape index (κ1) is 14.0. The number of rotatable bonds is 5. The zero-order chi connectivity index (χ0) is 15.2. The fourth-order valence-corrected chi connectivity index (χ4v) is 4.13. The normalized spacial score (nSPS) is 15.1. The number of nitrogens with one attached hydrogen (secondary N) is 1. The Hall–Kier alpha value is -1.94. The van der Waals surface area contributed by atoms with Crippen LogP contribution in [0, 0.1) is 6.92 Å². The van der Waals surface area contributed by atoms with Crippen LogP contribution in [-0.2, 0) is 10.0 Å². The maximum atomic E-state index is 12.2. The summed E-state index contributed by atoms with van der Waals surface area (Å²) in [5.41, 5.74) is 0. The van der Waals surface area contributed by atoms with Gasteiger partial charge in [0.2, 0.25) is 5.89 Å². The molecule has 0 atom stereocenters. The third kappa shape index (κ3) is 2.76. The summed E-state index contributed by atoms with van der Waals surface area (Å²) in [6, 6.07) is 0.905. The SMILES string of the molecule is Cc1sc(C(=O)O)cc1S(=O)(=O)Nc1nnc(C2CC2)o1. The van der Waals surface area contributed by atoms with Crippen molar-refractivity contribution in [3.05, 3.63) is 21.7 Å². The summed E-state index contributed by atoms with van der Waals surface area (Å²) in [4.78, 5) is 11.1. The monoisotopic (exact) mass is 329 g/mol. The molecule has 0 saturated heterocycles. The Morgan fingerprint density at radius 1 is 1.48 bits per heavy atom. The second kappa shape index (κ2) is 4.81. The highest BCUT2D eigenvalue weighted by Gasteiger charge is 2.30. The van der Waals surface area contributed by atoms with Gasteiger partial charge < -0.3 is 9.52 Å². The number of thiophene rings is 1. The first-order valence-electron chi connectivity index (χ1n) is 6.07. The topological polar surface area (TPSA) is 122 Å². The molecule has 21 heavy (non-hydrogen) atoms. The highest BCUT2D eigenvalue weighted by atomic mass is 32.2. The van der Waals surface area contributed by atoms with E-state index in [1.54, 1.807) is 0 Å². The van der Waals surface area contributed by atoms with Crippen molar-refractivity contribution in [3.63, 3.8) is 0 Å². The van der Waals surface area contributed by atoms with E-state index in [9.17, 15) is 13.2 Å². The molecule has 0 spiro atoms. The summed E-state index contributed by atoms with van der Waals surface area (Å²) in [6.07, 6.45) is 1.92. The van der Waals surface area contributed by atoms with Gasteiger partial charge in [0.05, 0.1) is 0 Å². The Labute approximate surface area is 123 Å². The number of aromatic carboxylic acids is 1. The molecule has 0 unspecified atom stereocenters. The van der Waals surface area contributed by atoms with Gasteiger partial charge in [-0.15, -0.1) is 16.4 Å². The molecule has 1 aliphatic carbocycles. The molecule has 1 saturated carbocycles. The molecule has 3 rings (SSSR count). The van der Waals surface area contributed by atoms with E-state index in [4.69, 9.17) is 9.52 Å². The maximum Gasteiger partial charge on any atom is 0.345 e. The van der Waals surface area contributed by atoms with E-state index < -0.39 is 16.0 Å². The number of anilines is 1. The third-order valence-corrected chi connectivity index (χ3v) is 5.58. The maximum absolute atomic E-state index is 12.2. The van der Waals surface area contributed by atoms with Gasteiger partial charge in [0.1, 0.15) is 9.77 Å². The first-order valence-corrected chi connectivity index (χ1v) is 8.37. The lowest BCUT2D eigenvalue weighted by molar-refractivity contribution is 0.0702. The van der Waals surface area contributed by atoms with Crippen LogP contribution in [0.5, 0.6) is 0 Å². The van der Waals surface area contributed by atoms with Gasteiger partial charge in [-0.1, -0.05) is 5.10 Å². The zero-order valence-electron chi connectivity index (χ0n) is 10.9. The van der Waals surface area contributed by atoms with Gasteiger partial charge in [-0.2, -0.15) is 0 Å². The zero-order valence-corrected chi connectivity index (χ0v) is 12.5. The number of hydrogen-bond acceptors (Lipinski definition) is 7. The van der Waals surface area contributed by atoms with E-state index in [2.05, 4.69) is 14.9 Å². The average molecular weight is 329 g/mol. The van der Waals surface area contributed by atoms with Gasteiger partial charge in [0.15, 0.2) is 0 Å². The van der Waals surface area contributed by atoms with Gasteiger partial charge >= 0.3 is 12.0 Å². The number of carboxylic acid groups (broad SMARTS) is 1. The fraction of sp³-hybridized carbons (Fsp3) is 0.364. The van der Waals surface area contributed by atoms with Gasteiger partial charge in [-0.25, -0.2) is 17.9 Å². The molecule has 0 amide bonds. The molecular formula is C11H11N3O5S2. The largest absolute Gasteiger partial charge is 0.477 e. The minimum atomic E-state index is -3.95. The lowest BCUT2D eigenvalue weighted by atomic mass is 10.4. The molecule has 2 heterocycles. The van der Waals surface area contributed by atoms with Gasteiger partial charge in [-0.3, -0.25) is 0 Å². The van der Waals surface area contributed by atoms with Crippen LogP contribution in [0.1, 0.15) is 39.2 Å². The van der Waals surface area contributed by atoms with E-state index in [0.29, 0.717) is 10.8 Å². The van der Waals surface area contributed by atoms with Crippen molar-refractivity contribution in [2.75, 3.05) is 4.72 Å². The number of carbonyl (C=O) groups is 1. The Balaban J connectivity index is 1.87. The van der Waals surface area contributed by atoms with Crippen LogP contribution < -0.4 is 4.72 Å². The molecule has 1 fully saturated rings. The fourth-order valence-electron chi connectivity index (χ4n) is 1.78. The van der Waals surface area contributed by atoms with E-state index in [-0.39, 0.29) is 21.7 Å². The van der Waals surface area contributed by atoms with Crippen LogP contribution in [0.4, 0.5) is 6.01 Å². The predicted molar refractivity (Wildman–Crippen MR) is 73.1 cm³/mol. The lowest BCUT2D eigenvalue weighted by Crippen LogP contribution is -2.13. The van der Waals surface area contributed by atoms with Gasteiger partial charge in [-0.05, 0) is 25.8 Å². The second-order valence-electron chi connectivity index (χ2n) is 4.66. The smallest absolute Gasteiger partial charge is 0.345 e. The van der Waals surface area contributed by atoms with Crippen LogP contribution in [0.15, 0.2) is 15.4 Å². The summed E-state index contributed by atoms with van der Waals surface area (Å²) in [7, 11) is -3.95. The molecule has 0 aliphatic heterocycles. The van der Waals surface area contributed by atoms with Gasteiger partial charge in [0.25, 0.3) is 10.0 Å². The molecule has 2 N–H and O–H groups in total. The predicted octanol–water partition coefficient (Wildman–Crippen LogP) is 1.82. The van der Waals surface area contributed by atoms with Crippen molar-refractivity contribution in [1.29, 1.82) is 0 Å². The number of carboxylic acids is 1. The van der Waals surface area contributed by atoms with Crippen molar-refractivity contribution in [3.8, 4) is 0 Å². The van der Waals surface area contributed by atoms with E-state index in [1.807, 2.05) is 0 Å². The Kier molecular flexibility index (Phi) is 3.21. The van der Waals surface area contributed by atoms with Crippen molar-refractivity contribution in [1.82, 2.24) is 10.2 Å². The highest BCUT2D eigenvalue weighted by molar-refractivity contribution is 7.92. The molecule has 2 aromatic heterocycles. The third-order valence-electron chi connectivity index (χ3n) is 2.96. The Morgan fingerprint density at radius 3 is 2.76 bits per heavy atom. The summed E-state index contributed by atoms with van der Waals surface area (Å²) >= 11 is 0.895. The van der Waals surface area contributed by atoms with Crippen molar-refractivity contribution >= 4 is 33.3 Å². The number of hydrogen-bond donors (Lipinski definition) is 2. The number of aromatic nitrogens is 2. The van der Waals surface area contributed by atoms with Crippen LogP contribution in [0.25, 0.3) is 0 Å². The summed E-state index contributed by atoms with van der Waals surface area (Å²) in [5, 5.41) is 16.3. The van der Waals surface area contributed by atoms with E-state index in [0.717, 1.165) is 30.2 Å². The number of sulfonamides is 1. The Morgan fingerprint density at radius 2 is 2.19 bits per heavy atom. The molecule has 1 aliphatic rings. The molecule has 8 nitrogen and oxygen atoms in total. The molecule has 0 radical (unpaired) electrons. The van der Waals surface area contributed by atoms with Crippen molar-refractivity contribution in [2.24, 2.45) is 0 Å². The Bertz CT molecular complexity index is 804. The number of nitrogens with zero attached hydrogens (tertiary/aromatic N) is 2. The van der Waals surface area contributed by atoms with Crippen LogP contribution in [-0.4, -0.2) is 29.7 Å². The summed E-state index contributed by atoms with van der Waals surface area (Å²) in [5.74, 6) is -0.531. The quantitative estimate of drug-likeness (QED) is 0.857. The van der Waals surface area contributed by atoms with Crippen molar-refractivity contribution in [2.45, 2.75) is 30.6 Å². The molecule has 2 aromatic rings. The van der Waals surface area contributed by atoms with Crippen LogP contribution >= 0.6 is 11.3 Å². The average Bonchev–Trinajstić information content (AvgIpc) is 3.01.